The zero-order valence-electron chi connectivity index (χ0n) is 7.57. The Morgan fingerprint density at radius 3 is 2.23 bits per heavy atom. The third-order valence-electron chi connectivity index (χ3n) is 1.79. The van der Waals surface area contributed by atoms with Gasteiger partial charge >= 0.3 is 0 Å². The van der Waals surface area contributed by atoms with Crippen molar-refractivity contribution < 1.29 is 8.78 Å². The van der Waals surface area contributed by atoms with Crippen molar-refractivity contribution >= 4 is 5.69 Å². The largest absolute Gasteiger partial charge is 0.396 e. The molecule has 0 aliphatic heterocycles. The topological polar surface area (TPSA) is 52.0 Å². The normalized spacial score (nSPS) is 11.8. The van der Waals surface area contributed by atoms with Crippen molar-refractivity contribution in [3.8, 4) is 0 Å². The van der Waals surface area contributed by atoms with E-state index >= 15 is 0 Å². The smallest absolute Gasteiger partial charge is 0.149 e. The van der Waals surface area contributed by atoms with Gasteiger partial charge in [0.1, 0.15) is 11.6 Å². The van der Waals surface area contributed by atoms with Crippen LogP contribution in [0.3, 0.4) is 0 Å². The first-order chi connectivity index (χ1) is 5.82. The number of nitrogens with two attached hydrogens (primary N) is 2. The summed E-state index contributed by atoms with van der Waals surface area (Å²) in [4.78, 5) is 0. The lowest BCUT2D eigenvalue weighted by Crippen LogP contribution is -2.30. The fourth-order valence-corrected chi connectivity index (χ4v) is 1.12. The predicted octanol–water partition coefficient (Wildman–Crippen LogP) is 1.74. The highest BCUT2D eigenvalue weighted by Crippen LogP contribution is 2.26. The van der Waals surface area contributed by atoms with Crippen LogP contribution in [-0.4, -0.2) is 0 Å². The third kappa shape index (κ3) is 1.95. The molecule has 0 bridgehead atoms. The summed E-state index contributed by atoms with van der Waals surface area (Å²) in [5.41, 5.74) is 10.5. The molecule has 1 rings (SSSR count). The summed E-state index contributed by atoms with van der Waals surface area (Å²) in [6.07, 6.45) is 0. The second-order valence-electron chi connectivity index (χ2n) is 3.57. The van der Waals surface area contributed by atoms with Crippen LogP contribution in [0.4, 0.5) is 14.5 Å². The Morgan fingerprint density at radius 2 is 1.77 bits per heavy atom. The first-order valence-electron chi connectivity index (χ1n) is 3.86. The number of rotatable bonds is 1. The maximum Gasteiger partial charge on any atom is 0.149 e. The molecule has 1 aromatic rings. The lowest BCUT2D eigenvalue weighted by atomic mass is 9.94. The number of halogens is 2. The Morgan fingerprint density at radius 1 is 1.23 bits per heavy atom. The molecule has 0 spiro atoms. The summed E-state index contributed by atoms with van der Waals surface area (Å²) in [6, 6.07) is 1.89. The van der Waals surface area contributed by atoms with E-state index < -0.39 is 17.2 Å². The Bertz CT molecular complexity index is 329. The molecule has 13 heavy (non-hydrogen) atoms. The van der Waals surface area contributed by atoms with E-state index in [0.29, 0.717) is 0 Å². The number of benzene rings is 1. The number of anilines is 1. The molecule has 0 saturated heterocycles. The number of hydrogen-bond donors (Lipinski definition) is 2. The summed E-state index contributed by atoms with van der Waals surface area (Å²) >= 11 is 0. The van der Waals surface area contributed by atoms with Gasteiger partial charge in [-0.25, -0.2) is 8.78 Å². The van der Waals surface area contributed by atoms with Crippen molar-refractivity contribution in [2.45, 2.75) is 19.4 Å². The highest BCUT2D eigenvalue weighted by Gasteiger charge is 2.20. The molecule has 0 fully saturated rings. The van der Waals surface area contributed by atoms with Gasteiger partial charge in [-0.1, -0.05) is 0 Å². The van der Waals surface area contributed by atoms with Crippen molar-refractivity contribution in [1.29, 1.82) is 0 Å². The monoisotopic (exact) mass is 186 g/mol. The average molecular weight is 186 g/mol. The molecule has 0 heterocycles. The van der Waals surface area contributed by atoms with Crippen LogP contribution in [0.1, 0.15) is 19.4 Å². The highest BCUT2D eigenvalue weighted by atomic mass is 19.1. The van der Waals surface area contributed by atoms with E-state index in [1.165, 1.54) is 0 Å². The highest BCUT2D eigenvalue weighted by molar-refractivity contribution is 5.51. The van der Waals surface area contributed by atoms with Crippen LogP contribution in [0.5, 0.6) is 0 Å². The van der Waals surface area contributed by atoms with Crippen LogP contribution in [0, 0.1) is 11.6 Å². The molecule has 0 amide bonds. The molecule has 0 aromatic heterocycles. The van der Waals surface area contributed by atoms with Gasteiger partial charge in [0.15, 0.2) is 0 Å². The van der Waals surface area contributed by atoms with Gasteiger partial charge in [0, 0.05) is 17.2 Å². The lowest BCUT2D eigenvalue weighted by Gasteiger charge is -2.21. The van der Waals surface area contributed by atoms with Crippen molar-refractivity contribution in [2.75, 3.05) is 5.73 Å². The van der Waals surface area contributed by atoms with Crippen molar-refractivity contribution in [3.63, 3.8) is 0 Å². The Labute approximate surface area is 75.5 Å². The zero-order valence-corrected chi connectivity index (χ0v) is 7.57. The van der Waals surface area contributed by atoms with Crippen LogP contribution in [0.25, 0.3) is 0 Å². The van der Waals surface area contributed by atoms with Crippen LogP contribution in [0.15, 0.2) is 12.1 Å². The summed E-state index contributed by atoms with van der Waals surface area (Å²) in [7, 11) is 0. The van der Waals surface area contributed by atoms with Crippen LogP contribution < -0.4 is 11.5 Å². The molecule has 1 aromatic carbocycles. The minimum absolute atomic E-state index is 0.0890. The number of nitrogen functional groups attached to an aromatic ring is 1. The van der Waals surface area contributed by atoms with Gasteiger partial charge in [0.2, 0.25) is 0 Å². The molecule has 72 valence electrons. The fraction of sp³-hybridized carbons (Fsp3) is 0.333. The fourth-order valence-electron chi connectivity index (χ4n) is 1.12. The van der Waals surface area contributed by atoms with Crippen molar-refractivity contribution in [3.05, 3.63) is 29.3 Å². The minimum Gasteiger partial charge on any atom is -0.396 e. The summed E-state index contributed by atoms with van der Waals surface area (Å²) in [5, 5.41) is 0. The van der Waals surface area contributed by atoms with Gasteiger partial charge < -0.3 is 11.5 Å². The van der Waals surface area contributed by atoms with E-state index in [4.69, 9.17) is 11.5 Å². The van der Waals surface area contributed by atoms with Crippen molar-refractivity contribution in [1.82, 2.24) is 0 Å². The van der Waals surface area contributed by atoms with E-state index in [9.17, 15) is 8.78 Å². The third-order valence-corrected chi connectivity index (χ3v) is 1.79. The summed E-state index contributed by atoms with van der Waals surface area (Å²) < 4.78 is 25.7. The van der Waals surface area contributed by atoms with Crippen LogP contribution in [-0.2, 0) is 5.54 Å². The summed E-state index contributed by atoms with van der Waals surface area (Å²) in [5.74, 6) is -1.44. The van der Waals surface area contributed by atoms with Crippen LogP contribution >= 0.6 is 0 Å². The molecule has 0 unspecified atom stereocenters. The molecule has 2 nitrogen and oxygen atoms in total. The Balaban J connectivity index is 3.37. The molecule has 0 radical (unpaired) electrons. The second kappa shape index (κ2) is 2.96. The van der Waals surface area contributed by atoms with Gasteiger partial charge in [-0.15, -0.1) is 0 Å². The standard InChI is InChI=1S/C9H12F2N2/c1-9(2,13)6-3-5(10)4-7(11)8(6)12/h3-4H,12-13H2,1-2H3. The summed E-state index contributed by atoms with van der Waals surface area (Å²) in [6.45, 7) is 3.27. The number of hydrogen-bond acceptors (Lipinski definition) is 2. The van der Waals surface area contributed by atoms with Crippen LogP contribution in [0.2, 0.25) is 0 Å². The van der Waals surface area contributed by atoms with E-state index in [-0.39, 0.29) is 11.3 Å². The van der Waals surface area contributed by atoms with E-state index in [0.717, 1.165) is 12.1 Å². The van der Waals surface area contributed by atoms with E-state index in [1.807, 2.05) is 0 Å². The maximum absolute atomic E-state index is 12.9. The Kier molecular flexibility index (Phi) is 2.26. The van der Waals surface area contributed by atoms with Gasteiger partial charge in [-0.3, -0.25) is 0 Å². The lowest BCUT2D eigenvalue weighted by molar-refractivity contribution is 0.530. The van der Waals surface area contributed by atoms with E-state index in [1.54, 1.807) is 13.8 Å². The second-order valence-corrected chi connectivity index (χ2v) is 3.57. The van der Waals surface area contributed by atoms with Gasteiger partial charge in [-0.05, 0) is 19.9 Å². The Hall–Kier alpha value is -1.16. The molecule has 0 aliphatic rings. The van der Waals surface area contributed by atoms with E-state index in [2.05, 4.69) is 0 Å². The molecule has 0 atom stereocenters. The molecule has 4 N–H and O–H groups in total. The van der Waals surface area contributed by atoms with Gasteiger partial charge in [0.05, 0.1) is 5.69 Å². The minimum atomic E-state index is -0.840. The predicted molar refractivity (Wildman–Crippen MR) is 48.0 cm³/mol. The SMILES string of the molecule is CC(C)(N)c1cc(F)cc(F)c1N. The molecular formula is C9H12F2N2. The zero-order chi connectivity index (χ0) is 10.2. The van der Waals surface area contributed by atoms with Gasteiger partial charge in [0.25, 0.3) is 0 Å². The quantitative estimate of drug-likeness (QED) is 0.656. The first kappa shape index (κ1) is 9.92. The molecule has 0 saturated carbocycles. The first-order valence-corrected chi connectivity index (χ1v) is 3.86. The molecular weight excluding hydrogens is 174 g/mol. The van der Waals surface area contributed by atoms with Crippen molar-refractivity contribution in [2.24, 2.45) is 5.73 Å². The van der Waals surface area contributed by atoms with Gasteiger partial charge in [-0.2, -0.15) is 0 Å². The average Bonchev–Trinajstić information content (AvgIpc) is 1.94. The maximum atomic E-state index is 12.9. The molecule has 4 heteroatoms. The molecule has 0 aliphatic carbocycles.